The van der Waals surface area contributed by atoms with Crippen molar-refractivity contribution in [2.75, 3.05) is 32.2 Å². The first kappa shape index (κ1) is 19.8. The number of hydrogen-bond donors (Lipinski definition) is 2. The van der Waals surface area contributed by atoms with Crippen molar-refractivity contribution in [2.45, 2.75) is 19.8 Å². The third kappa shape index (κ3) is 6.41. The predicted molar refractivity (Wildman–Crippen MR) is 98.7 cm³/mol. The molecule has 2 N–H and O–H groups in total. The number of benzene rings is 1. The summed E-state index contributed by atoms with van der Waals surface area (Å²) in [5.41, 5.74) is 0.479. The Hall–Kier alpha value is -2.52. The van der Waals surface area contributed by atoms with Gasteiger partial charge in [0, 0.05) is 31.6 Å². The molecule has 0 aliphatic carbocycles. The van der Waals surface area contributed by atoms with Gasteiger partial charge in [0.05, 0.1) is 13.7 Å². The van der Waals surface area contributed by atoms with Crippen molar-refractivity contribution in [3.05, 3.63) is 34.8 Å². The summed E-state index contributed by atoms with van der Waals surface area (Å²) < 4.78 is 10.3. The van der Waals surface area contributed by atoms with Crippen LogP contribution in [0.1, 0.15) is 28.7 Å². The number of anilines is 1. The van der Waals surface area contributed by atoms with Crippen LogP contribution in [-0.4, -0.2) is 48.9 Å². The van der Waals surface area contributed by atoms with Crippen molar-refractivity contribution in [2.24, 2.45) is 0 Å². The van der Waals surface area contributed by atoms with Crippen LogP contribution >= 0.6 is 11.3 Å². The number of aromatic nitrogens is 2. The lowest BCUT2D eigenvalue weighted by Gasteiger charge is -2.06. The summed E-state index contributed by atoms with van der Waals surface area (Å²) in [7, 11) is 1.54. The highest BCUT2D eigenvalue weighted by Gasteiger charge is 2.10. The number of rotatable bonds is 10. The number of carbonyl (C=O) groups excluding carboxylic acids is 2. The van der Waals surface area contributed by atoms with E-state index in [2.05, 4.69) is 20.8 Å². The van der Waals surface area contributed by atoms with E-state index in [1.807, 2.05) is 6.92 Å². The van der Waals surface area contributed by atoms with Crippen LogP contribution in [-0.2, 0) is 16.0 Å². The molecule has 2 aromatic rings. The molecule has 0 aliphatic heterocycles. The first-order valence-electron chi connectivity index (χ1n) is 8.24. The van der Waals surface area contributed by atoms with Crippen LogP contribution in [0.3, 0.4) is 0 Å². The Bertz CT molecular complexity index is 735. The minimum Gasteiger partial charge on any atom is -0.497 e. The molecule has 2 rings (SSSR count). The number of ether oxygens (including phenoxy) is 2. The third-order valence-corrected chi connectivity index (χ3v) is 4.25. The van der Waals surface area contributed by atoms with Crippen molar-refractivity contribution < 1.29 is 19.1 Å². The lowest BCUT2D eigenvalue weighted by molar-refractivity contribution is -0.116. The number of amides is 2. The van der Waals surface area contributed by atoms with E-state index in [1.54, 1.807) is 24.3 Å². The highest BCUT2D eigenvalue weighted by Crippen LogP contribution is 2.16. The van der Waals surface area contributed by atoms with Gasteiger partial charge in [-0.15, -0.1) is 10.2 Å². The molecule has 1 heterocycles. The predicted octanol–water partition coefficient (Wildman–Crippen LogP) is 1.88. The second-order valence-electron chi connectivity index (χ2n) is 5.23. The molecule has 0 atom stereocenters. The van der Waals surface area contributed by atoms with Gasteiger partial charge in [0.15, 0.2) is 0 Å². The summed E-state index contributed by atoms with van der Waals surface area (Å²) in [6.45, 7) is 3.38. The molecule has 9 heteroatoms. The molecule has 1 aromatic heterocycles. The van der Waals surface area contributed by atoms with Gasteiger partial charge in [-0.3, -0.25) is 9.59 Å². The molecule has 0 saturated carbocycles. The molecule has 26 heavy (non-hydrogen) atoms. The maximum Gasteiger partial charge on any atom is 0.251 e. The fourth-order valence-electron chi connectivity index (χ4n) is 2.05. The van der Waals surface area contributed by atoms with Crippen molar-refractivity contribution in [3.63, 3.8) is 0 Å². The molecule has 0 saturated heterocycles. The number of nitrogens with zero attached hydrogens (tertiary/aromatic N) is 2. The highest BCUT2D eigenvalue weighted by atomic mass is 32.1. The first-order chi connectivity index (χ1) is 12.6. The second kappa shape index (κ2) is 10.5. The van der Waals surface area contributed by atoms with Crippen LogP contribution in [0.2, 0.25) is 0 Å². The quantitative estimate of drug-likeness (QED) is 0.612. The average Bonchev–Trinajstić information content (AvgIpc) is 3.09. The number of hydrogen-bond acceptors (Lipinski definition) is 7. The molecule has 2 amide bonds. The summed E-state index contributed by atoms with van der Waals surface area (Å²) in [6.07, 6.45) is 0.807. The molecule has 0 fully saturated rings. The molecule has 1 aromatic carbocycles. The summed E-state index contributed by atoms with van der Waals surface area (Å²) in [4.78, 5) is 24.0. The number of carbonyl (C=O) groups is 2. The van der Waals surface area contributed by atoms with E-state index in [9.17, 15) is 9.59 Å². The standard InChI is InChI=1S/C17H22N4O4S/c1-3-25-10-8-15-20-21-17(26-15)19-14(22)7-9-18-16(23)12-5-4-6-13(11-12)24-2/h4-6,11H,3,7-10H2,1-2H3,(H,18,23)(H,19,21,22). The normalized spacial score (nSPS) is 10.4. The van der Waals surface area contributed by atoms with E-state index in [0.717, 1.165) is 5.01 Å². The zero-order valence-electron chi connectivity index (χ0n) is 14.8. The van der Waals surface area contributed by atoms with Gasteiger partial charge < -0.3 is 20.1 Å². The lowest BCUT2D eigenvalue weighted by Crippen LogP contribution is -2.27. The van der Waals surface area contributed by atoms with E-state index in [1.165, 1.54) is 18.4 Å². The van der Waals surface area contributed by atoms with E-state index >= 15 is 0 Å². The van der Waals surface area contributed by atoms with Gasteiger partial charge in [-0.1, -0.05) is 17.4 Å². The summed E-state index contributed by atoms with van der Waals surface area (Å²) in [5.74, 6) is 0.112. The maximum atomic E-state index is 12.1. The van der Waals surface area contributed by atoms with E-state index in [4.69, 9.17) is 9.47 Å². The van der Waals surface area contributed by atoms with Crippen molar-refractivity contribution >= 4 is 28.3 Å². The fourth-order valence-corrected chi connectivity index (χ4v) is 2.78. The molecule has 8 nitrogen and oxygen atoms in total. The van der Waals surface area contributed by atoms with Gasteiger partial charge in [0.25, 0.3) is 5.91 Å². The largest absolute Gasteiger partial charge is 0.497 e. The van der Waals surface area contributed by atoms with Crippen LogP contribution in [0.5, 0.6) is 5.75 Å². The molecule has 0 unspecified atom stereocenters. The first-order valence-corrected chi connectivity index (χ1v) is 9.06. The third-order valence-electron chi connectivity index (χ3n) is 3.35. The molecule has 0 bridgehead atoms. The van der Waals surface area contributed by atoms with Crippen LogP contribution in [0.15, 0.2) is 24.3 Å². The van der Waals surface area contributed by atoms with Gasteiger partial charge >= 0.3 is 0 Å². The Labute approximate surface area is 155 Å². The Morgan fingerprint density at radius 2 is 2.12 bits per heavy atom. The minimum atomic E-state index is -0.258. The fraction of sp³-hybridized carbons (Fsp3) is 0.412. The summed E-state index contributed by atoms with van der Waals surface area (Å²) >= 11 is 1.32. The molecule has 0 spiro atoms. The van der Waals surface area contributed by atoms with Crippen LogP contribution < -0.4 is 15.4 Å². The zero-order valence-corrected chi connectivity index (χ0v) is 15.6. The SMILES string of the molecule is CCOCCc1nnc(NC(=O)CCNC(=O)c2cccc(OC)c2)s1. The molecule has 0 radical (unpaired) electrons. The van der Waals surface area contributed by atoms with Crippen LogP contribution in [0.25, 0.3) is 0 Å². The van der Waals surface area contributed by atoms with Crippen molar-refractivity contribution in [3.8, 4) is 5.75 Å². The molecule has 0 aliphatic rings. The topological polar surface area (TPSA) is 102 Å². The van der Waals surface area contributed by atoms with E-state index < -0.39 is 0 Å². The van der Waals surface area contributed by atoms with E-state index in [-0.39, 0.29) is 24.8 Å². The molecular formula is C17H22N4O4S. The van der Waals surface area contributed by atoms with Crippen molar-refractivity contribution in [1.29, 1.82) is 0 Å². The molecule has 140 valence electrons. The minimum absolute atomic E-state index is 0.142. The summed E-state index contributed by atoms with van der Waals surface area (Å²) in [6, 6.07) is 6.82. The number of methoxy groups -OCH3 is 1. The van der Waals surface area contributed by atoms with Gasteiger partial charge in [0.2, 0.25) is 11.0 Å². The smallest absolute Gasteiger partial charge is 0.251 e. The zero-order chi connectivity index (χ0) is 18.8. The highest BCUT2D eigenvalue weighted by molar-refractivity contribution is 7.15. The van der Waals surface area contributed by atoms with Crippen LogP contribution in [0, 0.1) is 0 Å². The Kier molecular flexibility index (Phi) is 7.97. The summed E-state index contributed by atoms with van der Waals surface area (Å²) in [5, 5.41) is 14.6. The second-order valence-corrected chi connectivity index (χ2v) is 6.30. The maximum absolute atomic E-state index is 12.1. The monoisotopic (exact) mass is 378 g/mol. The van der Waals surface area contributed by atoms with Crippen molar-refractivity contribution in [1.82, 2.24) is 15.5 Å². The molecular weight excluding hydrogens is 356 g/mol. The lowest BCUT2D eigenvalue weighted by atomic mass is 10.2. The van der Waals surface area contributed by atoms with Gasteiger partial charge in [-0.2, -0.15) is 0 Å². The Balaban J connectivity index is 1.72. The number of nitrogens with one attached hydrogen (secondary N) is 2. The Morgan fingerprint density at radius 1 is 1.27 bits per heavy atom. The Morgan fingerprint density at radius 3 is 2.88 bits per heavy atom. The van der Waals surface area contributed by atoms with Gasteiger partial charge in [0.1, 0.15) is 10.8 Å². The van der Waals surface area contributed by atoms with Gasteiger partial charge in [-0.05, 0) is 25.1 Å². The van der Waals surface area contributed by atoms with E-state index in [0.29, 0.717) is 36.1 Å². The average molecular weight is 378 g/mol. The van der Waals surface area contributed by atoms with Crippen LogP contribution in [0.4, 0.5) is 5.13 Å². The van der Waals surface area contributed by atoms with Gasteiger partial charge in [-0.25, -0.2) is 0 Å².